The second-order valence-electron chi connectivity index (χ2n) is 8.94. The van der Waals surface area contributed by atoms with Crippen LogP contribution in [-0.2, 0) is 20.9 Å². The largest absolute Gasteiger partial charge is 0.489 e. The molecular formula is C25H37N3O4. The van der Waals surface area contributed by atoms with E-state index in [9.17, 15) is 9.59 Å². The van der Waals surface area contributed by atoms with Gasteiger partial charge in [0.1, 0.15) is 12.4 Å². The Morgan fingerprint density at radius 1 is 1.28 bits per heavy atom. The summed E-state index contributed by atoms with van der Waals surface area (Å²) in [6.07, 6.45) is 5.44. The minimum atomic E-state index is 0.0410. The van der Waals surface area contributed by atoms with E-state index in [1.54, 1.807) is 7.11 Å². The molecule has 0 unspecified atom stereocenters. The highest BCUT2D eigenvalue weighted by Crippen LogP contribution is 2.29. The van der Waals surface area contributed by atoms with E-state index in [1.165, 1.54) is 0 Å². The normalized spacial score (nSPS) is 22.4. The molecule has 0 radical (unpaired) electrons. The van der Waals surface area contributed by atoms with Crippen LogP contribution in [0.15, 0.2) is 36.4 Å². The number of hydrogen-bond donors (Lipinski definition) is 1. The van der Waals surface area contributed by atoms with Crippen molar-refractivity contribution in [2.45, 2.75) is 39.3 Å². The van der Waals surface area contributed by atoms with E-state index < -0.39 is 0 Å². The zero-order valence-corrected chi connectivity index (χ0v) is 19.6. The van der Waals surface area contributed by atoms with Gasteiger partial charge in [-0.05, 0) is 38.2 Å². The second-order valence-corrected chi connectivity index (χ2v) is 8.94. The van der Waals surface area contributed by atoms with Crippen LogP contribution in [0.3, 0.4) is 0 Å². The van der Waals surface area contributed by atoms with Crippen molar-refractivity contribution >= 4 is 11.8 Å². The molecule has 0 spiro atoms. The summed E-state index contributed by atoms with van der Waals surface area (Å²) in [7, 11) is 1.62. The van der Waals surface area contributed by atoms with Crippen molar-refractivity contribution in [3.63, 3.8) is 0 Å². The maximum atomic E-state index is 13.2. The van der Waals surface area contributed by atoms with Crippen LogP contribution in [0.1, 0.15) is 32.3 Å². The lowest BCUT2D eigenvalue weighted by atomic mass is 9.82. The average molecular weight is 444 g/mol. The van der Waals surface area contributed by atoms with Crippen molar-refractivity contribution in [3.05, 3.63) is 42.0 Å². The monoisotopic (exact) mass is 443 g/mol. The summed E-state index contributed by atoms with van der Waals surface area (Å²) < 4.78 is 11.1. The number of hydrogen-bond acceptors (Lipinski definition) is 5. The van der Waals surface area contributed by atoms with Crippen molar-refractivity contribution in [2.75, 3.05) is 46.5 Å². The molecule has 2 aliphatic rings. The van der Waals surface area contributed by atoms with Crippen LogP contribution in [0.4, 0.5) is 0 Å². The lowest BCUT2D eigenvalue weighted by Gasteiger charge is -2.38. The Kier molecular flexibility index (Phi) is 9.11. The van der Waals surface area contributed by atoms with Gasteiger partial charge < -0.3 is 19.7 Å². The van der Waals surface area contributed by atoms with Crippen LogP contribution in [-0.4, -0.2) is 74.2 Å². The van der Waals surface area contributed by atoms with Crippen LogP contribution in [0.5, 0.6) is 5.75 Å². The number of benzene rings is 1. The van der Waals surface area contributed by atoms with Gasteiger partial charge in [0.05, 0.1) is 13.2 Å². The van der Waals surface area contributed by atoms with E-state index in [-0.39, 0.29) is 29.7 Å². The van der Waals surface area contributed by atoms with Crippen LogP contribution < -0.4 is 10.1 Å². The summed E-state index contributed by atoms with van der Waals surface area (Å²) in [4.78, 5) is 29.7. The third-order valence-corrected chi connectivity index (χ3v) is 6.37. The van der Waals surface area contributed by atoms with Gasteiger partial charge in [0.15, 0.2) is 0 Å². The Hall–Kier alpha value is -2.38. The number of ether oxygens (including phenoxy) is 2. The van der Waals surface area contributed by atoms with Crippen LogP contribution >= 0.6 is 0 Å². The zero-order chi connectivity index (χ0) is 22.9. The number of methoxy groups -OCH3 is 1. The first kappa shape index (κ1) is 24.3. The highest BCUT2D eigenvalue weighted by molar-refractivity contribution is 5.79. The molecule has 1 saturated heterocycles. The van der Waals surface area contributed by atoms with E-state index in [2.05, 4.69) is 36.2 Å². The van der Waals surface area contributed by atoms with Crippen LogP contribution in [0, 0.1) is 11.8 Å². The summed E-state index contributed by atoms with van der Waals surface area (Å²) in [6.45, 7) is 8.12. The lowest BCUT2D eigenvalue weighted by molar-refractivity contribution is -0.135. The zero-order valence-electron chi connectivity index (χ0n) is 19.6. The number of piperidine rings is 1. The Labute approximate surface area is 191 Å². The predicted octanol–water partition coefficient (Wildman–Crippen LogP) is 2.46. The lowest BCUT2D eigenvalue weighted by Crippen LogP contribution is -2.48. The molecule has 1 fully saturated rings. The fourth-order valence-corrected chi connectivity index (χ4v) is 4.39. The average Bonchev–Trinajstić information content (AvgIpc) is 2.78. The summed E-state index contributed by atoms with van der Waals surface area (Å²) in [5, 5.41) is 2.92. The molecule has 2 aliphatic heterocycles. The highest BCUT2D eigenvalue weighted by Gasteiger charge is 2.32. The number of para-hydroxylation sites is 1. The van der Waals surface area contributed by atoms with Gasteiger partial charge >= 0.3 is 0 Å². The maximum absolute atomic E-state index is 13.2. The van der Waals surface area contributed by atoms with E-state index in [0.29, 0.717) is 52.4 Å². The van der Waals surface area contributed by atoms with Gasteiger partial charge in [-0.3, -0.25) is 14.5 Å². The molecule has 3 rings (SSSR count). The van der Waals surface area contributed by atoms with Crippen LogP contribution in [0.2, 0.25) is 0 Å². The number of rotatable bonds is 6. The molecule has 0 aromatic heterocycles. The van der Waals surface area contributed by atoms with Crippen molar-refractivity contribution in [1.82, 2.24) is 15.1 Å². The molecule has 0 aliphatic carbocycles. The fraction of sp³-hybridized carbons (Fsp3) is 0.600. The summed E-state index contributed by atoms with van der Waals surface area (Å²) in [6, 6.07) is 8.27. The first-order valence-corrected chi connectivity index (χ1v) is 11.6. The molecule has 1 aromatic carbocycles. The smallest absolute Gasteiger partial charge is 0.236 e. The molecule has 2 atom stereocenters. The molecular weight excluding hydrogens is 406 g/mol. The standard InChI is InChI=1S/C25H37N3O4/c1-19(2)28-17-22-7-4-5-9-23(22)32-13-6-8-21-16-27(25(30)18-28)12-10-20(21)15-24(29)26-11-14-31-3/h4-9,19-21H,10-18H2,1-3H3,(H,26,29)/t20-,21-/m0/s1. The summed E-state index contributed by atoms with van der Waals surface area (Å²) >= 11 is 0. The Balaban J connectivity index is 1.76. The number of fused-ring (bicyclic) bond motifs is 3. The van der Waals surface area contributed by atoms with Gasteiger partial charge in [0, 0.05) is 51.3 Å². The molecule has 32 heavy (non-hydrogen) atoms. The van der Waals surface area contributed by atoms with Gasteiger partial charge in [0.25, 0.3) is 0 Å². The minimum Gasteiger partial charge on any atom is -0.489 e. The number of amides is 2. The van der Waals surface area contributed by atoms with Crippen molar-refractivity contribution in [1.29, 1.82) is 0 Å². The number of carbonyl (C=O) groups excluding carboxylic acids is 2. The van der Waals surface area contributed by atoms with Crippen molar-refractivity contribution in [3.8, 4) is 5.75 Å². The molecule has 0 saturated carbocycles. The van der Waals surface area contributed by atoms with E-state index >= 15 is 0 Å². The van der Waals surface area contributed by atoms with E-state index in [1.807, 2.05) is 29.2 Å². The summed E-state index contributed by atoms with van der Waals surface area (Å²) in [5.41, 5.74) is 1.09. The van der Waals surface area contributed by atoms with Gasteiger partial charge in [-0.2, -0.15) is 0 Å². The first-order valence-electron chi connectivity index (χ1n) is 11.6. The Morgan fingerprint density at radius 3 is 2.88 bits per heavy atom. The number of nitrogens with one attached hydrogen (secondary N) is 1. The topological polar surface area (TPSA) is 71.1 Å². The molecule has 2 amide bonds. The molecule has 7 heteroatoms. The van der Waals surface area contributed by atoms with Crippen molar-refractivity contribution in [2.24, 2.45) is 11.8 Å². The molecule has 176 valence electrons. The third-order valence-electron chi connectivity index (χ3n) is 6.37. The maximum Gasteiger partial charge on any atom is 0.236 e. The minimum absolute atomic E-state index is 0.0410. The SMILES string of the molecule is COCCNC(=O)C[C@@H]1CCN2C[C@@H]1C=CCOc1ccccc1CN(C(C)C)CC2=O. The van der Waals surface area contributed by atoms with Gasteiger partial charge in [-0.25, -0.2) is 0 Å². The number of nitrogens with zero attached hydrogens (tertiary/aromatic N) is 2. The van der Waals surface area contributed by atoms with E-state index in [4.69, 9.17) is 9.47 Å². The second kappa shape index (κ2) is 12.0. The molecule has 2 heterocycles. The van der Waals surface area contributed by atoms with E-state index in [0.717, 1.165) is 17.7 Å². The quantitative estimate of drug-likeness (QED) is 0.540. The van der Waals surface area contributed by atoms with Gasteiger partial charge in [-0.15, -0.1) is 0 Å². The van der Waals surface area contributed by atoms with Gasteiger partial charge in [-0.1, -0.05) is 30.4 Å². The molecule has 7 nitrogen and oxygen atoms in total. The molecule has 1 aromatic rings. The fourth-order valence-electron chi connectivity index (χ4n) is 4.39. The van der Waals surface area contributed by atoms with Crippen LogP contribution in [0.25, 0.3) is 0 Å². The molecule has 1 N–H and O–H groups in total. The summed E-state index contributed by atoms with van der Waals surface area (Å²) in [5.74, 6) is 1.38. The molecule has 2 bridgehead atoms. The third kappa shape index (κ3) is 6.81. The Bertz CT molecular complexity index is 795. The predicted molar refractivity (Wildman–Crippen MR) is 124 cm³/mol. The number of carbonyl (C=O) groups is 2. The highest BCUT2D eigenvalue weighted by atomic mass is 16.5. The first-order chi connectivity index (χ1) is 15.5. The van der Waals surface area contributed by atoms with Crippen molar-refractivity contribution < 1.29 is 19.1 Å². The van der Waals surface area contributed by atoms with Gasteiger partial charge in [0.2, 0.25) is 11.8 Å². The Morgan fingerprint density at radius 2 is 2.09 bits per heavy atom.